The van der Waals surface area contributed by atoms with E-state index in [1.165, 1.54) is 0 Å². The summed E-state index contributed by atoms with van der Waals surface area (Å²) in [6.45, 7) is 3.29. The third-order valence-electron chi connectivity index (χ3n) is 4.35. The predicted molar refractivity (Wildman–Crippen MR) is 98.8 cm³/mol. The van der Waals surface area contributed by atoms with E-state index in [0.717, 1.165) is 60.1 Å². The topological polar surface area (TPSA) is 59.5 Å². The van der Waals surface area contributed by atoms with Crippen molar-refractivity contribution in [3.63, 3.8) is 0 Å². The number of rotatable bonds is 4. The maximum atomic E-state index is 5.46. The lowest BCUT2D eigenvalue weighted by atomic mass is 10.2. The maximum Gasteiger partial charge on any atom is 0.141 e. The molecule has 0 unspecified atom stereocenters. The number of nitrogens with zero attached hydrogens (tertiary/aromatic N) is 3. The van der Waals surface area contributed by atoms with Gasteiger partial charge in [0.25, 0.3) is 0 Å². The summed E-state index contributed by atoms with van der Waals surface area (Å²) in [7, 11) is 1.65. The zero-order chi connectivity index (χ0) is 17.1. The number of nitrogens with one attached hydrogen (secondary N) is 1. The number of methoxy groups -OCH3 is 1. The summed E-state index contributed by atoms with van der Waals surface area (Å²) in [4.78, 5) is 11.1. The molecule has 0 spiro atoms. The summed E-state index contributed by atoms with van der Waals surface area (Å²) < 4.78 is 10.7. The van der Waals surface area contributed by atoms with Crippen LogP contribution in [0.5, 0.6) is 5.75 Å². The number of aromatic nitrogens is 2. The van der Waals surface area contributed by atoms with Gasteiger partial charge in [-0.15, -0.1) is 0 Å². The molecule has 0 saturated carbocycles. The van der Waals surface area contributed by atoms with Gasteiger partial charge in [0.2, 0.25) is 0 Å². The van der Waals surface area contributed by atoms with Crippen LogP contribution in [-0.2, 0) is 4.74 Å². The second-order valence-electron chi connectivity index (χ2n) is 5.85. The average Bonchev–Trinajstić information content (AvgIpc) is 2.69. The van der Waals surface area contributed by atoms with Crippen LogP contribution in [-0.4, -0.2) is 43.4 Å². The van der Waals surface area contributed by atoms with Gasteiger partial charge in [-0.25, -0.2) is 9.97 Å². The van der Waals surface area contributed by atoms with Crippen LogP contribution in [0, 0.1) is 0 Å². The molecule has 6 heteroatoms. The van der Waals surface area contributed by atoms with E-state index in [2.05, 4.69) is 38.4 Å². The summed E-state index contributed by atoms with van der Waals surface area (Å²) in [5.41, 5.74) is 3.03. The van der Waals surface area contributed by atoms with E-state index in [1.807, 2.05) is 24.3 Å². The first-order chi connectivity index (χ1) is 12.3. The average molecular weight is 336 g/mol. The Labute approximate surface area is 146 Å². The summed E-state index contributed by atoms with van der Waals surface area (Å²) in [5.74, 6) is 1.57. The van der Waals surface area contributed by atoms with Crippen LogP contribution in [0.25, 0.3) is 10.9 Å². The molecule has 0 amide bonds. The molecule has 1 saturated heterocycles. The Balaban J connectivity index is 1.70. The minimum atomic E-state index is 0.755. The summed E-state index contributed by atoms with van der Waals surface area (Å²) in [5, 5.41) is 4.43. The minimum Gasteiger partial charge on any atom is -0.497 e. The molecule has 1 fully saturated rings. The van der Waals surface area contributed by atoms with Gasteiger partial charge in [0.05, 0.1) is 37.2 Å². The van der Waals surface area contributed by atoms with Crippen LogP contribution in [0.3, 0.4) is 0 Å². The molecule has 4 rings (SSSR count). The van der Waals surface area contributed by atoms with Gasteiger partial charge < -0.3 is 19.7 Å². The van der Waals surface area contributed by atoms with Crippen molar-refractivity contribution < 1.29 is 9.47 Å². The van der Waals surface area contributed by atoms with E-state index in [4.69, 9.17) is 9.47 Å². The number of benzene rings is 2. The number of hydrogen-bond donors (Lipinski definition) is 1. The fraction of sp³-hybridized carbons (Fsp3) is 0.263. The Hall–Kier alpha value is -2.86. The molecule has 0 radical (unpaired) electrons. The van der Waals surface area contributed by atoms with Gasteiger partial charge in [-0.3, -0.25) is 0 Å². The fourth-order valence-electron chi connectivity index (χ4n) is 3.05. The fourth-order valence-corrected chi connectivity index (χ4v) is 3.05. The lowest BCUT2D eigenvalue weighted by Gasteiger charge is -2.30. The van der Waals surface area contributed by atoms with Crippen LogP contribution in [0.2, 0.25) is 0 Å². The number of para-hydroxylation sites is 2. The zero-order valence-electron chi connectivity index (χ0n) is 14.1. The van der Waals surface area contributed by atoms with Crippen molar-refractivity contribution in [3.05, 3.63) is 48.8 Å². The van der Waals surface area contributed by atoms with E-state index in [-0.39, 0.29) is 0 Å². The van der Waals surface area contributed by atoms with Gasteiger partial charge in [-0.05, 0) is 24.3 Å². The van der Waals surface area contributed by atoms with Crippen molar-refractivity contribution in [2.45, 2.75) is 0 Å². The van der Waals surface area contributed by atoms with E-state index >= 15 is 0 Å². The van der Waals surface area contributed by atoms with Crippen molar-refractivity contribution in [2.24, 2.45) is 0 Å². The van der Waals surface area contributed by atoms with Crippen molar-refractivity contribution in [2.75, 3.05) is 43.6 Å². The van der Waals surface area contributed by atoms with Gasteiger partial charge in [-0.1, -0.05) is 12.1 Å². The van der Waals surface area contributed by atoms with Crippen molar-refractivity contribution in [1.29, 1.82) is 0 Å². The van der Waals surface area contributed by atoms with E-state index in [0.29, 0.717) is 0 Å². The monoisotopic (exact) mass is 336 g/mol. The highest BCUT2D eigenvalue weighted by atomic mass is 16.5. The molecule has 1 aromatic heterocycles. The van der Waals surface area contributed by atoms with Crippen LogP contribution >= 0.6 is 0 Å². The van der Waals surface area contributed by atoms with Crippen molar-refractivity contribution in [1.82, 2.24) is 9.97 Å². The first kappa shape index (κ1) is 15.7. The van der Waals surface area contributed by atoms with Gasteiger partial charge >= 0.3 is 0 Å². The minimum absolute atomic E-state index is 0.755. The Morgan fingerprint density at radius 2 is 1.92 bits per heavy atom. The lowest BCUT2D eigenvalue weighted by molar-refractivity contribution is 0.123. The quantitative estimate of drug-likeness (QED) is 0.789. The third-order valence-corrected chi connectivity index (χ3v) is 4.35. The van der Waals surface area contributed by atoms with Crippen LogP contribution < -0.4 is 15.0 Å². The van der Waals surface area contributed by atoms with Crippen molar-refractivity contribution in [3.8, 4) is 5.75 Å². The van der Waals surface area contributed by atoms with Crippen LogP contribution in [0.15, 0.2) is 48.8 Å². The smallest absolute Gasteiger partial charge is 0.141 e. The Bertz CT molecular complexity index is 878. The second kappa shape index (κ2) is 6.94. The number of anilines is 3. The lowest BCUT2D eigenvalue weighted by Crippen LogP contribution is -2.36. The molecule has 3 aromatic rings. The second-order valence-corrected chi connectivity index (χ2v) is 5.85. The predicted octanol–water partition coefficient (Wildman–Crippen LogP) is 3.22. The molecule has 2 heterocycles. The highest BCUT2D eigenvalue weighted by Crippen LogP contribution is 2.31. The first-order valence-electron chi connectivity index (χ1n) is 8.32. The SMILES string of the molecule is COc1ccc2c(Nc3ccccc3N3CCOCC3)ncnc2c1. The largest absolute Gasteiger partial charge is 0.497 e. The number of hydrogen-bond acceptors (Lipinski definition) is 6. The normalized spacial score (nSPS) is 14.5. The third kappa shape index (κ3) is 3.21. The number of fused-ring (bicyclic) bond motifs is 1. The van der Waals surface area contributed by atoms with Gasteiger partial charge in [-0.2, -0.15) is 0 Å². The Morgan fingerprint density at radius 3 is 2.76 bits per heavy atom. The molecule has 0 atom stereocenters. The molecule has 2 aromatic carbocycles. The van der Waals surface area contributed by atoms with Gasteiger partial charge in [0, 0.05) is 24.5 Å². The molecule has 6 nitrogen and oxygen atoms in total. The molecular weight excluding hydrogens is 316 g/mol. The molecule has 1 N–H and O–H groups in total. The van der Waals surface area contributed by atoms with E-state index in [1.54, 1.807) is 13.4 Å². The van der Waals surface area contributed by atoms with Crippen LogP contribution in [0.4, 0.5) is 17.2 Å². The Kier molecular flexibility index (Phi) is 4.35. The van der Waals surface area contributed by atoms with Crippen molar-refractivity contribution >= 4 is 28.1 Å². The maximum absolute atomic E-state index is 5.46. The number of ether oxygens (including phenoxy) is 2. The molecule has 0 bridgehead atoms. The number of morpholine rings is 1. The van der Waals surface area contributed by atoms with Gasteiger partial charge in [0.15, 0.2) is 0 Å². The highest BCUT2D eigenvalue weighted by molar-refractivity contribution is 5.92. The molecule has 1 aliphatic rings. The Morgan fingerprint density at radius 1 is 1.08 bits per heavy atom. The highest BCUT2D eigenvalue weighted by Gasteiger charge is 2.15. The van der Waals surface area contributed by atoms with Gasteiger partial charge in [0.1, 0.15) is 17.9 Å². The molecule has 0 aliphatic carbocycles. The summed E-state index contributed by atoms with van der Waals surface area (Å²) in [6.07, 6.45) is 1.57. The molecule has 128 valence electrons. The summed E-state index contributed by atoms with van der Waals surface area (Å²) >= 11 is 0. The van der Waals surface area contributed by atoms with Crippen LogP contribution in [0.1, 0.15) is 0 Å². The first-order valence-corrected chi connectivity index (χ1v) is 8.32. The standard InChI is InChI=1S/C19H20N4O2/c1-24-14-6-7-15-17(12-14)20-13-21-19(15)22-16-4-2-3-5-18(16)23-8-10-25-11-9-23/h2-7,12-13H,8-11H2,1H3,(H,20,21,22). The molecular formula is C19H20N4O2. The zero-order valence-corrected chi connectivity index (χ0v) is 14.1. The summed E-state index contributed by atoms with van der Waals surface area (Å²) in [6, 6.07) is 14.1. The van der Waals surface area contributed by atoms with E-state index in [9.17, 15) is 0 Å². The molecule has 25 heavy (non-hydrogen) atoms. The molecule has 1 aliphatic heterocycles. The van der Waals surface area contributed by atoms with E-state index < -0.39 is 0 Å².